The summed E-state index contributed by atoms with van der Waals surface area (Å²) in [4.78, 5) is 35.8. The summed E-state index contributed by atoms with van der Waals surface area (Å²) in [5.41, 5.74) is 1.83. The second-order valence-corrected chi connectivity index (χ2v) is 7.70. The normalized spacial score (nSPS) is 14.3. The first-order chi connectivity index (χ1) is 16.5. The highest BCUT2D eigenvalue weighted by Crippen LogP contribution is 2.31. The van der Waals surface area contributed by atoms with E-state index in [-0.39, 0.29) is 23.0 Å². The number of ether oxygens (including phenoxy) is 2. The average molecular weight is 461 g/mol. The molecule has 0 aliphatic carbocycles. The van der Waals surface area contributed by atoms with Crippen molar-refractivity contribution >= 4 is 23.3 Å². The molecule has 1 aliphatic rings. The number of amides is 1. The number of esters is 1. The van der Waals surface area contributed by atoms with Gasteiger partial charge in [-0.2, -0.15) is 0 Å². The number of hydrogen-bond donors (Lipinski definition) is 2. The number of benzene rings is 3. The Labute approximate surface area is 195 Å². The molecule has 2 N–H and O–H groups in total. The fraction of sp³-hybridized carbons (Fsp3) is 0.200. The van der Waals surface area contributed by atoms with Crippen molar-refractivity contribution < 1.29 is 24.0 Å². The van der Waals surface area contributed by atoms with Gasteiger partial charge in [0.2, 0.25) is 0 Å². The van der Waals surface area contributed by atoms with Gasteiger partial charge in [-0.25, -0.2) is 4.79 Å². The number of anilines is 1. The first-order valence-corrected chi connectivity index (χ1v) is 10.8. The van der Waals surface area contributed by atoms with Crippen LogP contribution in [0.15, 0.2) is 72.8 Å². The monoisotopic (exact) mass is 461 g/mol. The summed E-state index contributed by atoms with van der Waals surface area (Å²) in [7, 11) is 0. The van der Waals surface area contributed by atoms with Gasteiger partial charge in [0.1, 0.15) is 11.4 Å². The van der Waals surface area contributed by atoms with Gasteiger partial charge >= 0.3 is 5.97 Å². The Balaban J connectivity index is 1.36. The molecular formula is C25H23N3O6. The summed E-state index contributed by atoms with van der Waals surface area (Å²) in [5, 5.41) is 17.4. The van der Waals surface area contributed by atoms with Gasteiger partial charge in [-0.1, -0.05) is 48.5 Å². The number of nitro groups is 1. The number of hydrogen-bond acceptors (Lipinski definition) is 7. The molecule has 174 valence electrons. The van der Waals surface area contributed by atoms with Crippen LogP contribution in [0.3, 0.4) is 0 Å². The lowest BCUT2D eigenvalue weighted by molar-refractivity contribution is -0.384. The zero-order valence-corrected chi connectivity index (χ0v) is 18.2. The topological polar surface area (TPSA) is 120 Å². The van der Waals surface area contributed by atoms with Crippen molar-refractivity contribution in [3.8, 4) is 5.75 Å². The minimum Gasteiger partial charge on any atom is -0.493 e. The molecule has 0 saturated heterocycles. The van der Waals surface area contributed by atoms with Gasteiger partial charge in [-0.3, -0.25) is 14.9 Å². The van der Waals surface area contributed by atoms with E-state index in [1.807, 2.05) is 54.6 Å². The predicted octanol–water partition coefficient (Wildman–Crippen LogP) is 4.00. The second kappa shape index (κ2) is 10.5. The summed E-state index contributed by atoms with van der Waals surface area (Å²) < 4.78 is 10.7. The molecule has 0 spiro atoms. The van der Waals surface area contributed by atoms with Crippen LogP contribution < -0.4 is 15.4 Å². The van der Waals surface area contributed by atoms with E-state index >= 15 is 0 Å². The van der Waals surface area contributed by atoms with Crippen molar-refractivity contribution in [3.05, 3.63) is 99.6 Å². The van der Waals surface area contributed by atoms with Gasteiger partial charge in [0.15, 0.2) is 6.61 Å². The third-order valence-electron chi connectivity index (χ3n) is 5.38. The van der Waals surface area contributed by atoms with Gasteiger partial charge in [0.05, 0.1) is 23.1 Å². The molecule has 0 fully saturated rings. The maximum atomic E-state index is 12.4. The smallest absolute Gasteiger partial charge is 0.338 e. The van der Waals surface area contributed by atoms with Gasteiger partial charge < -0.3 is 20.1 Å². The highest BCUT2D eigenvalue weighted by molar-refractivity contribution is 5.93. The maximum absolute atomic E-state index is 12.4. The summed E-state index contributed by atoms with van der Waals surface area (Å²) in [6, 6.07) is 20.6. The van der Waals surface area contributed by atoms with Crippen molar-refractivity contribution in [3.63, 3.8) is 0 Å². The molecule has 1 amide bonds. The molecule has 0 unspecified atom stereocenters. The Morgan fingerprint density at radius 1 is 1.06 bits per heavy atom. The number of nitrogens with zero attached hydrogens (tertiary/aromatic N) is 1. The predicted molar refractivity (Wildman–Crippen MR) is 125 cm³/mol. The molecular weight excluding hydrogens is 438 g/mol. The minimum atomic E-state index is -0.819. The molecule has 0 bridgehead atoms. The molecule has 4 rings (SSSR count). The average Bonchev–Trinajstić information content (AvgIpc) is 2.86. The SMILES string of the molecule is O=C(COC(=O)c1ccc(NCc2ccccc2)c([N+](=O)[O-])c1)N[C@H]1CCOc2ccccc21. The Morgan fingerprint density at radius 3 is 2.62 bits per heavy atom. The van der Waals surface area contributed by atoms with E-state index < -0.39 is 23.4 Å². The maximum Gasteiger partial charge on any atom is 0.338 e. The third-order valence-corrected chi connectivity index (χ3v) is 5.38. The van der Waals surface area contributed by atoms with Crippen LogP contribution in [-0.4, -0.2) is 30.0 Å². The minimum absolute atomic E-state index is 0.0128. The summed E-state index contributed by atoms with van der Waals surface area (Å²) >= 11 is 0. The fourth-order valence-corrected chi connectivity index (χ4v) is 3.69. The van der Waals surface area contributed by atoms with E-state index in [9.17, 15) is 19.7 Å². The van der Waals surface area contributed by atoms with Gasteiger partial charge in [0, 0.05) is 24.6 Å². The summed E-state index contributed by atoms with van der Waals surface area (Å²) in [5.74, 6) is -0.574. The molecule has 3 aromatic rings. The van der Waals surface area contributed by atoms with Crippen molar-refractivity contribution in [2.75, 3.05) is 18.5 Å². The second-order valence-electron chi connectivity index (χ2n) is 7.70. The van der Waals surface area contributed by atoms with E-state index in [1.165, 1.54) is 12.1 Å². The molecule has 34 heavy (non-hydrogen) atoms. The van der Waals surface area contributed by atoms with Crippen molar-refractivity contribution in [1.82, 2.24) is 5.32 Å². The molecule has 9 heteroatoms. The molecule has 0 saturated carbocycles. The van der Waals surface area contributed by atoms with Crippen LogP contribution in [0.2, 0.25) is 0 Å². The van der Waals surface area contributed by atoms with Crippen molar-refractivity contribution in [2.45, 2.75) is 19.0 Å². The van der Waals surface area contributed by atoms with Gasteiger partial charge in [0.25, 0.3) is 11.6 Å². The van der Waals surface area contributed by atoms with E-state index in [1.54, 1.807) is 0 Å². The Kier molecular flexibility index (Phi) is 7.02. The van der Waals surface area contributed by atoms with E-state index in [2.05, 4.69) is 10.6 Å². The number of para-hydroxylation sites is 1. The summed E-state index contributed by atoms with van der Waals surface area (Å²) in [6.07, 6.45) is 0.598. The Morgan fingerprint density at radius 2 is 1.82 bits per heavy atom. The van der Waals surface area contributed by atoms with E-state index in [0.29, 0.717) is 25.3 Å². The Bertz CT molecular complexity index is 1200. The Hall–Kier alpha value is -4.40. The molecule has 0 radical (unpaired) electrons. The van der Waals surface area contributed by atoms with Crippen LogP contribution in [0.4, 0.5) is 11.4 Å². The van der Waals surface area contributed by atoms with Crippen LogP contribution in [0.25, 0.3) is 0 Å². The first kappa shape index (κ1) is 22.8. The standard InChI is InChI=1S/C25H23N3O6/c29-24(27-20-12-13-33-23-9-5-4-8-19(20)23)16-34-25(30)18-10-11-21(22(14-18)28(31)32)26-15-17-6-2-1-3-7-17/h1-11,14,20,26H,12-13,15-16H2,(H,27,29)/t20-/m0/s1. The van der Waals surface area contributed by atoms with Gasteiger partial charge in [-0.05, 0) is 23.8 Å². The lowest BCUT2D eigenvalue weighted by Gasteiger charge is -2.26. The summed E-state index contributed by atoms with van der Waals surface area (Å²) in [6.45, 7) is 0.358. The van der Waals surface area contributed by atoms with Crippen molar-refractivity contribution in [1.29, 1.82) is 0 Å². The van der Waals surface area contributed by atoms with Crippen LogP contribution >= 0.6 is 0 Å². The quantitative estimate of drug-likeness (QED) is 0.295. The lowest BCUT2D eigenvalue weighted by atomic mass is 10.0. The fourth-order valence-electron chi connectivity index (χ4n) is 3.69. The highest BCUT2D eigenvalue weighted by Gasteiger charge is 2.24. The number of carbonyl (C=O) groups is 2. The van der Waals surface area contributed by atoms with E-state index in [0.717, 1.165) is 17.2 Å². The van der Waals surface area contributed by atoms with Gasteiger partial charge in [-0.15, -0.1) is 0 Å². The lowest BCUT2D eigenvalue weighted by Crippen LogP contribution is -2.35. The van der Waals surface area contributed by atoms with Crippen molar-refractivity contribution in [2.24, 2.45) is 0 Å². The largest absolute Gasteiger partial charge is 0.493 e. The molecule has 0 aromatic heterocycles. The molecule has 9 nitrogen and oxygen atoms in total. The number of rotatable bonds is 8. The zero-order chi connectivity index (χ0) is 23.9. The van der Waals surface area contributed by atoms with E-state index in [4.69, 9.17) is 9.47 Å². The molecule has 1 heterocycles. The zero-order valence-electron chi connectivity index (χ0n) is 18.2. The molecule has 1 atom stereocenters. The number of fused-ring (bicyclic) bond motifs is 1. The van der Waals surface area contributed by atoms with Crippen LogP contribution in [0.1, 0.15) is 33.9 Å². The van der Waals surface area contributed by atoms with Crippen LogP contribution in [-0.2, 0) is 16.1 Å². The van der Waals surface area contributed by atoms with Crippen LogP contribution in [0.5, 0.6) is 5.75 Å². The highest BCUT2D eigenvalue weighted by atomic mass is 16.6. The third kappa shape index (κ3) is 5.50. The first-order valence-electron chi connectivity index (χ1n) is 10.8. The molecule has 1 aliphatic heterocycles. The molecule has 3 aromatic carbocycles. The van der Waals surface area contributed by atoms with Crippen LogP contribution in [0, 0.1) is 10.1 Å². The number of carbonyl (C=O) groups excluding carboxylic acids is 2. The number of nitrogens with one attached hydrogen (secondary N) is 2. The number of nitro benzene ring substituents is 1.